The van der Waals surface area contributed by atoms with Crippen molar-refractivity contribution in [3.63, 3.8) is 0 Å². The molecule has 0 aromatic rings. The van der Waals surface area contributed by atoms with E-state index < -0.39 is 86.8 Å². The summed E-state index contributed by atoms with van der Waals surface area (Å²) in [6.07, 6.45) is 18.5. The fourth-order valence-corrected chi connectivity index (χ4v) is 7.26. The summed E-state index contributed by atoms with van der Waals surface area (Å²) in [6, 6.07) is -0.930. The summed E-state index contributed by atoms with van der Waals surface area (Å²) >= 11 is 0. The maximum atomic E-state index is 12.8. The fourth-order valence-electron chi connectivity index (χ4n) is 7.26. The van der Waals surface area contributed by atoms with Crippen molar-refractivity contribution < 1.29 is 64.6 Å². The molecule has 0 aromatic heterocycles. The first-order valence-corrected chi connectivity index (χ1v) is 22.7. The van der Waals surface area contributed by atoms with Gasteiger partial charge in [0.1, 0.15) is 48.8 Å². The third kappa shape index (κ3) is 21.2. The van der Waals surface area contributed by atoms with Crippen LogP contribution in [0.5, 0.6) is 0 Å². The molecule has 12 atom stereocenters. The zero-order valence-corrected chi connectivity index (χ0v) is 36.0. The van der Waals surface area contributed by atoms with Gasteiger partial charge in [-0.3, -0.25) is 4.79 Å². The van der Waals surface area contributed by atoms with Gasteiger partial charge < -0.3 is 65.1 Å². The number of carbonyl (C=O) groups excluding carboxylic acids is 1. The molecule has 12 unspecified atom stereocenters. The first kappa shape index (κ1) is 53.3. The van der Waals surface area contributed by atoms with Gasteiger partial charge in [0.05, 0.1) is 32.0 Å². The molecule has 14 heteroatoms. The van der Waals surface area contributed by atoms with Gasteiger partial charge in [-0.2, -0.15) is 0 Å². The van der Waals surface area contributed by atoms with Crippen LogP contribution in [-0.2, 0) is 23.7 Å². The molecule has 9 N–H and O–H groups in total. The third-order valence-corrected chi connectivity index (χ3v) is 11.1. The number of nitrogens with one attached hydrogen (secondary N) is 1. The van der Waals surface area contributed by atoms with Gasteiger partial charge in [0, 0.05) is 6.42 Å². The van der Waals surface area contributed by atoms with Gasteiger partial charge >= 0.3 is 0 Å². The normalized spacial score (nSPS) is 28.8. The molecule has 2 aliphatic rings. The van der Waals surface area contributed by atoms with Crippen LogP contribution < -0.4 is 5.32 Å². The summed E-state index contributed by atoms with van der Waals surface area (Å²) in [6.45, 7) is 2.59. The summed E-state index contributed by atoms with van der Waals surface area (Å²) in [4.78, 5) is 12.8. The Balaban J connectivity index is 1.80. The summed E-state index contributed by atoms with van der Waals surface area (Å²) in [5, 5.41) is 86.0. The lowest BCUT2D eigenvalue weighted by atomic mass is 9.97. The number of rotatable bonds is 33. The zero-order valence-electron chi connectivity index (χ0n) is 36.0. The molecule has 344 valence electrons. The Labute approximate surface area is 353 Å². The third-order valence-electron chi connectivity index (χ3n) is 11.1. The van der Waals surface area contributed by atoms with Crippen molar-refractivity contribution in [2.75, 3.05) is 19.8 Å². The molecule has 2 fully saturated rings. The Bertz CT molecular complexity index is 1140. The molecular weight excluding hydrogens is 762 g/mol. The molecule has 14 nitrogen and oxygen atoms in total. The predicted octanol–water partition coefficient (Wildman–Crippen LogP) is 4.37. The van der Waals surface area contributed by atoms with Crippen LogP contribution in [0.4, 0.5) is 0 Å². The van der Waals surface area contributed by atoms with Gasteiger partial charge in [-0.05, 0) is 44.9 Å². The van der Waals surface area contributed by atoms with Gasteiger partial charge in [0.15, 0.2) is 12.6 Å². The molecule has 2 heterocycles. The van der Waals surface area contributed by atoms with Crippen LogP contribution in [0, 0.1) is 0 Å². The second-order valence-corrected chi connectivity index (χ2v) is 16.2. The standard InChI is InChI=1S/C45H81NO13/c1-3-5-7-9-10-11-12-13-14-15-16-17-18-19-20-21-22-23-24-25-26-28-34(49)33(46-37(50)29-27-8-6-4-2)32-56-44-42(55)40(53)43(36(31-48)58-44)59-45-41(54)39(52)38(51)35(30-47)57-45/h18-19,22-23,26,28,33-36,38-45,47-49,51-55H,3-17,20-21,24-25,27,29-32H2,1-2H3,(H,46,50)/b19-18+,23-22+,28-26+. The average molecular weight is 844 g/mol. The van der Waals surface area contributed by atoms with Gasteiger partial charge in [-0.1, -0.05) is 134 Å². The number of aliphatic hydroxyl groups excluding tert-OH is 8. The van der Waals surface area contributed by atoms with E-state index in [1.165, 1.54) is 70.6 Å². The second-order valence-electron chi connectivity index (χ2n) is 16.2. The van der Waals surface area contributed by atoms with Crippen molar-refractivity contribution >= 4 is 5.91 Å². The largest absolute Gasteiger partial charge is 0.394 e. The van der Waals surface area contributed by atoms with Crippen molar-refractivity contribution in [1.82, 2.24) is 5.32 Å². The maximum Gasteiger partial charge on any atom is 0.220 e. The number of hydrogen-bond acceptors (Lipinski definition) is 13. The highest BCUT2D eigenvalue weighted by Crippen LogP contribution is 2.30. The van der Waals surface area contributed by atoms with Crippen LogP contribution in [0.1, 0.15) is 149 Å². The molecule has 0 aromatic carbocycles. The van der Waals surface area contributed by atoms with Crippen LogP contribution in [-0.4, -0.2) is 140 Å². The molecular formula is C45H81NO13. The van der Waals surface area contributed by atoms with Crippen molar-refractivity contribution in [3.8, 4) is 0 Å². The predicted molar refractivity (Wildman–Crippen MR) is 226 cm³/mol. The molecule has 0 bridgehead atoms. The van der Waals surface area contributed by atoms with Crippen molar-refractivity contribution in [2.45, 2.75) is 222 Å². The Morgan fingerprint density at radius 2 is 1.08 bits per heavy atom. The van der Waals surface area contributed by atoms with Crippen LogP contribution in [0.3, 0.4) is 0 Å². The lowest BCUT2D eigenvalue weighted by Gasteiger charge is -2.46. The number of ether oxygens (including phenoxy) is 4. The summed E-state index contributed by atoms with van der Waals surface area (Å²) in [7, 11) is 0. The number of allylic oxidation sites excluding steroid dienone is 5. The van der Waals surface area contributed by atoms with E-state index in [0.29, 0.717) is 12.8 Å². The number of amides is 1. The van der Waals surface area contributed by atoms with E-state index in [1.807, 2.05) is 6.08 Å². The monoisotopic (exact) mass is 844 g/mol. The Hall–Kier alpha value is -1.79. The van der Waals surface area contributed by atoms with Gasteiger partial charge in [-0.15, -0.1) is 0 Å². The van der Waals surface area contributed by atoms with E-state index in [-0.39, 0.29) is 18.9 Å². The number of carbonyl (C=O) groups is 1. The van der Waals surface area contributed by atoms with E-state index in [2.05, 4.69) is 43.5 Å². The lowest BCUT2D eigenvalue weighted by Crippen LogP contribution is -2.65. The Kier molecular flexibility index (Phi) is 29.7. The first-order chi connectivity index (χ1) is 28.6. The highest BCUT2D eigenvalue weighted by molar-refractivity contribution is 5.76. The molecule has 0 spiro atoms. The molecule has 2 rings (SSSR count). The molecule has 2 saturated heterocycles. The molecule has 59 heavy (non-hydrogen) atoms. The number of unbranched alkanes of at least 4 members (excludes halogenated alkanes) is 16. The smallest absolute Gasteiger partial charge is 0.220 e. The molecule has 0 saturated carbocycles. The van der Waals surface area contributed by atoms with Crippen molar-refractivity contribution in [3.05, 3.63) is 36.5 Å². The number of aliphatic hydroxyl groups is 8. The van der Waals surface area contributed by atoms with Crippen LogP contribution >= 0.6 is 0 Å². The summed E-state index contributed by atoms with van der Waals surface area (Å²) < 4.78 is 22.5. The average Bonchev–Trinajstić information content (AvgIpc) is 3.23. The zero-order chi connectivity index (χ0) is 43.3. The Morgan fingerprint density at radius 3 is 1.66 bits per heavy atom. The van der Waals surface area contributed by atoms with Gasteiger partial charge in [-0.25, -0.2) is 0 Å². The van der Waals surface area contributed by atoms with Crippen LogP contribution in [0.2, 0.25) is 0 Å². The van der Waals surface area contributed by atoms with E-state index in [4.69, 9.17) is 18.9 Å². The highest BCUT2D eigenvalue weighted by atomic mass is 16.7. The molecule has 2 aliphatic heterocycles. The van der Waals surface area contributed by atoms with Crippen LogP contribution in [0.25, 0.3) is 0 Å². The van der Waals surface area contributed by atoms with Gasteiger partial charge in [0.2, 0.25) is 5.91 Å². The van der Waals surface area contributed by atoms with E-state index in [1.54, 1.807) is 6.08 Å². The number of hydrogen-bond donors (Lipinski definition) is 9. The van der Waals surface area contributed by atoms with E-state index in [9.17, 15) is 45.6 Å². The topological polar surface area (TPSA) is 228 Å². The van der Waals surface area contributed by atoms with Crippen molar-refractivity contribution in [1.29, 1.82) is 0 Å². The maximum absolute atomic E-state index is 12.8. The Morgan fingerprint density at radius 1 is 0.593 bits per heavy atom. The minimum atomic E-state index is -1.79. The van der Waals surface area contributed by atoms with E-state index >= 15 is 0 Å². The minimum Gasteiger partial charge on any atom is -0.394 e. The van der Waals surface area contributed by atoms with Crippen molar-refractivity contribution in [2.24, 2.45) is 0 Å². The first-order valence-electron chi connectivity index (χ1n) is 22.7. The molecule has 0 aliphatic carbocycles. The van der Waals surface area contributed by atoms with Gasteiger partial charge in [0.25, 0.3) is 0 Å². The fraction of sp³-hybridized carbons (Fsp3) is 0.844. The molecule has 1 amide bonds. The SMILES string of the molecule is CCCCCCCCCCCCC/C=C/CC/C=C/CC/C=C/C(O)C(COC1OC(CO)C(OC2OC(CO)C(O)C(O)C2O)C(O)C1O)NC(=O)CCCCCC. The minimum absolute atomic E-state index is 0.261. The highest BCUT2D eigenvalue weighted by Gasteiger charge is 2.50. The summed E-state index contributed by atoms with van der Waals surface area (Å²) in [5.41, 5.74) is 0. The second kappa shape index (κ2) is 32.9. The summed E-state index contributed by atoms with van der Waals surface area (Å²) in [5.74, 6) is -0.274. The van der Waals surface area contributed by atoms with E-state index in [0.717, 1.165) is 44.9 Å². The quantitative estimate of drug-likeness (QED) is 0.0331. The molecule has 0 radical (unpaired) electrons. The lowest BCUT2D eigenvalue weighted by molar-refractivity contribution is -0.359. The van der Waals surface area contributed by atoms with Crippen LogP contribution in [0.15, 0.2) is 36.5 Å².